The number of carbonyl (C=O) groups is 2. The first-order chi connectivity index (χ1) is 13.3. The Morgan fingerprint density at radius 3 is 2.61 bits per heavy atom. The van der Waals surface area contributed by atoms with Gasteiger partial charge in [-0.2, -0.15) is 0 Å². The first-order valence-corrected chi connectivity index (χ1v) is 10.8. The topological polar surface area (TPSA) is 62.6 Å². The number of allylic oxidation sites excluding steroid dienone is 2. The van der Waals surface area contributed by atoms with E-state index >= 15 is 0 Å². The lowest BCUT2D eigenvalue weighted by atomic mass is 9.80. The van der Waals surface area contributed by atoms with Crippen molar-refractivity contribution in [2.45, 2.75) is 12.0 Å². The van der Waals surface area contributed by atoms with Crippen LogP contribution in [0.3, 0.4) is 0 Å². The number of aromatic nitrogens is 1. The maximum atomic E-state index is 13.3. The minimum absolute atomic E-state index is 0.167. The van der Waals surface area contributed by atoms with Gasteiger partial charge in [0.2, 0.25) is 5.78 Å². The van der Waals surface area contributed by atoms with Crippen molar-refractivity contribution < 1.29 is 9.59 Å². The van der Waals surface area contributed by atoms with Crippen LogP contribution in [0.25, 0.3) is 10.6 Å². The van der Waals surface area contributed by atoms with E-state index in [1.165, 1.54) is 17.4 Å². The highest BCUT2D eigenvalue weighted by Crippen LogP contribution is 2.43. The predicted octanol–water partition coefficient (Wildman–Crippen LogP) is 4.81. The minimum atomic E-state index is -0.832. The number of aliphatic imine (C=N–C) groups is 1. The van der Waals surface area contributed by atoms with Gasteiger partial charge in [0.1, 0.15) is 25.5 Å². The summed E-state index contributed by atoms with van der Waals surface area (Å²) in [4.78, 5) is 37.4. The summed E-state index contributed by atoms with van der Waals surface area (Å²) in [6.07, 6.45) is 7.36. The Morgan fingerprint density at radius 2 is 2.00 bits per heavy atom. The number of fused-ring (bicyclic) bond motifs is 1. The second kappa shape index (κ2) is 7.31. The SMILES string of the molecule is CN(C)CCC1(C2=CC(=O)c3sc(-c4cc(Cl)sc4Cl)nc3C2=O)C=CC=N1. The van der Waals surface area contributed by atoms with Crippen molar-refractivity contribution in [3.8, 4) is 10.6 Å². The third kappa shape index (κ3) is 3.31. The Bertz CT molecular complexity index is 1070. The zero-order valence-electron chi connectivity index (χ0n) is 15.0. The number of thiophene rings is 1. The van der Waals surface area contributed by atoms with Gasteiger partial charge in [-0.1, -0.05) is 29.3 Å². The first kappa shape index (κ1) is 19.7. The molecule has 1 aliphatic carbocycles. The summed E-state index contributed by atoms with van der Waals surface area (Å²) in [5, 5.41) is 0.516. The van der Waals surface area contributed by atoms with E-state index in [2.05, 4.69) is 9.98 Å². The van der Waals surface area contributed by atoms with Gasteiger partial charge >= 0.3 is 0 Å². The summed E-state index contributed by atoms with van der Waals surface area (Å²) in [6.45, 7) is 0.721. The Hall–Kier alpha value is -1.64. The molecule has 0 amide bonds. The second-order valence-electron chi connectivity index (χ2n) is 6.80. The van der Waals surface area contributed by atoms with Gasteiger partial charge in [-0.3, -0.25) is 14.6 Å². The predicted molar refractivity (Wildman–Crippen MR) is 116 cm³/mol. The molecule has 0 saturated carbocycles. The van der Waals surface area contributed by atoms with Crippen LogP contribution in [0.2, 0.25) is 8.67 Å². The highest BCUT2D eigenvalue weighted by Gasteiger charge is 2.42. The molecule has 1 aliphatic heterocycles. The maximum Gasteiger partial charge on any atom is 0.211 e. The van der Waals surface area contributed by atoms with Crippen LogP contribution in [0.5, 0.6) is 0 Å². The number of nitrogens with zero attached hydrogens (tertiary/aromatic N) is 3. The molecule has 0 radical (unpaired) electrons. The van der Waals surface area contributed by atoms with Gasteiger partial charge in [-0.05, 0) is 38.7 Å². The average Bonchev–Trinajstić information content (AvgIpc) is 3.35. The molecule has 144 valence electrons. The number of Topliss-reactive ketones (excluding diaryl/α,β-unsaturated/α-hetero) is 1. The fourth-order valence-corrected chi connectivity index (χ4v) is 5.79. The van der Waals surface area contributed by atoms with Crippen molar-refractivity contribution in [1.82, 2.24) is 9.88 Å². The Kier molecular flexibility index (Phi) is 5.14. The van der Waals surface area contributed by atoms with Crippen molar-refractivity contribution in [2.75, 3.05) is 20.6 Å². The van der Waals surface area contributed by atoms with Crippen LogP contribution < -0.4 is 0 Å². The van der Waals surface area contributed by atoms with Crippen molar-refractivity contribution in [1.29, 1.82) is 0 Å². The molecule has 1 atom stereocenters. The van der Waals surface area contributed by atoms with Gasteiger partial charge in [0.25, 0.3) is 0 Å². The fourth-order valence-electron chi connectivity index (χ4n) is 3.21. The Labute approximate surface area is 180 Å². The average molecular weight is 452 g/mol. The molecule has 2 aromatic rings. The molecular weight excluding hydrogens is 437 g/mol. The number of ketones is 2. The molecule has 0 bridgehead atoms. The number of halogens is 2. The van der Waals surface area contributed by atoms with Gasteiger partial charge in [-0.15, -0.1) is 22.7 Å². The Balaban J connectivity index is 1.75. The summed E-state index contributed by atoms with van der Waals surface area (Å²) in [6, 6.07) is 1.70. The quantitative estimate of drug-likeness (QED) is 0.653. The van der Waals surface area contributed by atoms with Gasteiger partial charge < -0.3 is 4.90 Å². The van der Waals surface area contributed by atoms with E-state index in [0.717, 1.165) is 17.9 Å². The van der Waals surface area contributed by atoms with Crippen LogP contribution in [0.4, 0.5) is 0 Å². The van der Waals surface area contributed by atoms with Gasteiger partial charge in [0.05, 0.1) is 4.34 Å². The summed E-state index contributed by atoms with van der Waals surface area (Å²) < 4.78 is 1.01. The summed E-state index contributed by atoms with van der Waals surface area (Å²) in [7, 11) is 3.91. The normalized spacial score (nSPS) is 21.0. The summed E-state index contributed by atoms with van der Waals surface area (Å²) >= 11 is 14.6. The van der Waals surface area contributed by atoms with Crippen molar-refractivity contribution in [2.24, 2.45) is 4.99 Å². The minimum Gasteiger partial charge on any atom is -0.309 e. The van der Waals surface area contributed by atoms with E-state index in [-0.39, 0.29) is 17.3 Å². The Morgan fingerprint density at radius 1 is 1.21 bits per heavy atom. The molecule has 2 aromatic heterocycles. The van der Waals surface area contributed by atoms with Crippen LogP contribution in [0.1, 0.15) is 26.6 Å². The smallest absolute Gasteiger partial charge is 0.211 e. The summed E-state index contributed by atoms with van der Waals surface area (Å²) in [5.74, 6) is -0.498. The molecule has 0 aromatic carbocycles. The van der Waals surface area contributed by atoms with E-state index in [0.29, 0.717) is 36.1 Å². The van der Waals surface area contributed by atoms with Crippen molar-refractivity contribution in [3.05, 3.63) is 49.1 Å². The molecule has 0 spiro atoms. The van der Waals surface area contributed by atoms with Crippen LogP contribution >= 0.6 is 45.9 Å². The van der Waals surface area contributed by atoms with E-state index in [4.69, 9.17) is 23.2 Å². The van der Waals surface area contributed by atoms with Crippen LogP contribution in [-0.4, -0.2) is 53.8 Å². The number of hydrogen-bond acceptors (Lipinski definition) is 7. The number of thiazole rings is 1. The second-order valence-corrected chi connectivity index (χ2v) is 10.1. The standard InChI is InChI=1S/C19H15Cl2N3O2S2/c1-24(2)7-5-19(4-3-6-22-19)11-9-12(25)16-14(15(11)26)23-18(28-16)10-8-13(20)27-17(10)21/h3-4,6,8-9H,5,7H2,1-2H3. The van der Waals surface area contributed by atoms with E-state index < -0.39 is 5.54 Å². The van der Waals surface area contributed by atoms with Crippen molar-refractivity contribution in [3.63, 3.8) is 0 Å². The van der Waals surface area contributed by atoms with Crippen LogP contribution in [0.15, 0.2) is 34.9 Å². The van der Waals surface area contributed by atoms with E-state index in [9.17, 15) is 9.59 Å². The van der Waals surface area contributed by atoms with Crippen LogP contribution in [0, 0.1) is 0 Å². The number of rotatable bonds is 5. The van der Waals surface area contributed by atoms with E-state index in [1.807, 2.05) is 31.1 Å². The molecule has 3 heterocycles. The van der Waals surface area contributed by atoms with Gasteiger partial charge in [0, 0.05) is 23.9 Å². The van der Waals surface area contributed by atoms with Crippen LogP contribution in [-0.2, 0) is 0 Å². The largest absolute Gasteiger partial charge is 0.309 e. The van der Waals surface area contributed by atoms with Gasteiger partial charge in [0.15, 0.2) is 5.78 Å². The summed E-state index contributed by atoms with van der Waals surface area (Å²) in [5.41, 5.74) is 0.338. The highest BCUT2D eigenvalue weighted by atomic mass is 35.5. The molecule has 4 rings (SSSR count). The lowest BCUT2D eigenvalue weighted by Gasteiger charge is -2.29. The fraction of sp³-hybridized carbons (Fsp3) is 0.263. The zero-order chi connectivity index (χ0) is 20.1. The molecule has 0 N–H and O–H groups in total. The lowest BCUT2D eigenvalue weighted by Crippen LogP contribution is -2.36. The molecule has 0 fully saturated rings. The maximum absolute atomic E-state index is 13.3. The molecule has 5 nitrogen and oxygen atoms in total. The molecule has 1 unspecified atom stereocenters. The van der Waals surface area contributed by atoms with Gasteiger partial charge in [-0.25, -0.2) is 4.98 Å². The monoisotopic (exact) mass is 451 g/mol. The third-order valence-corrected chi connectivity index (χ3v) is 7.23. The molecule has 9 heteroatoms. The molecule has 2 aliphatic rings. The van der Waals surface area contributed by atoms with E-state index in [1.54, 1.807) is 12.3 Å². The first-order valence-electron chi connectivity index (χ1n) is 8.46. The van der Waals surface area contributed by atoms with Crippen molar-refractivity contribution >= 4 is 63.7 Å². The third-order valence-electron chi connectivity index (χ3n) is 4.64. The zero-order valence-corrected chi connectivity index (χ0v) is 18.2. The number of hydrogen-bond donors (Lipinski definition) is 0. The molecular formula is C19H15Cl2N3O2S2. The lowest BCUT2D eigenvalue weighted by molar-refractivity contribution is 0.0973. The highest BCUT2D eigenvalue weighted by molar-refractivity contribution is 7.22. The number of carbonyl (C=O) groups excluding carboxylic acids is 2. The molecule has 0 saturated heterocycles. The molecule has 28 heavy (non-hydrogen) atoms.